The van der Waals surface area contributed by atoms with Gasteiger partial charge in [-0.15, -0.1) is 0 Å². The Bertz CT molecular complexity index is 470. The van der Waals surface area contributed by atoms with Gasteiger partial charge in [0, 0.05) is 7.05 Å². The Hall–Kier alpha value is -1.84. The van der Waals surface area contributed by atoms with Gasteiger partial charge in [0.1, 0.15) is 12.1 Å². The maximum absolute atomic E-state index is 12.3. The zero-order valence-electron chi connectivity index (χ0n) is 11.6. The number of piperazine rings is 1. The zero-order chi connectivity index (χ0) is 14.0. The standard InChI is InChI=1S/C15H20N2O2/c1-10(2)9-12-15(19)17(3)13(14(18)16-12)11-7-5-4-6-8-11/h4-8,10,12-13H,9H2,1-3H3,(H,16,18). The number of nitrogens with zero attached hydrogens (tertiary/aromatic N) is 1. The number of nitrogens with one attached hydrogen (secondary N) is 1. The van der Waals surface area contributed by atoms with E-state index in [2.05, 4.69) is 5.32 Å². The molecule has 1 heterocycles. The molecule has 2 amide bonds. The van der Waals surface area contributed by atoms with E-state index in [1.54, 1.807) is 11.9 Å². The van der Waals surface area contributed by atoms with E-state index < -0.39 is 12.1 Å². The molecule has 0 aromatic heterocycles. The molecular formula is C15H20N2O2. The molecule has 2 atom stereocenters. The van der Waals surface area contributed by atoms with E-state index in [-0.39, 0.29) is 11.8 Å². The molecule has 1 saturated heterocycles. The van der Waals surface area contributed by atoms with E-state index in [0.29, 0.717) is 12.3 Å². The number of amides is 2. The summed E-state index contributed by atoms with van der Waals surface area (Å²) in [6, 6.07) is 8.48. The van der Waals surface area contributed by atoms with Crippen molar-refractivity contribution in [3.8, 4) is 0 Å². The van der Waals surface area contributed by atoms with Crippen molar-refractivity contribution in [3.63, 3.8) is 0 Å². The average molecular weight is 260 g/mol. The van der Waals surface area contributed by atoms with E-state index in [9.17, 15) is 9.59 Å². The molecule has 102 valence electrons. The van der Waals surface area contributed by atoms with Gasteiger partial charge in [-0.1, -0.05) is 44.2 Å². The first-order valence-corrected chi connectivity index (χ1v) is 6.62. The van der Waals surface area contributed by atoms with Crippen LogP contribution in [0.1, 0.15) is 31.9 Å². The smallest absolute Gasteiger partial charge is 0.248 e. The fraction of sp³-hybridized carbons (Fsp3) is 0.467. The second-order valence-electron chi connectivity index (χ2n) is 5.45. The van der Waals surface area contributed by atoms with Crippen LogP contribution >= 0.6 is 0 Å². The number of carbonyl (C=O) groups is 2. The Balaban J connectivity index is 2.22. The summed E-state index contributed by atoms with van der Waals surface area (Å²) in [7, 11) is 1.70. The van der Waals surface area contributed by atoms with Crippen LogP contribution < -0.4 is 5.32 Å². The predicted molar refractivity (Wildman–Crippen MR) is 73.3 cm³/mol. The normalized spacial score (nSPS) is 23.7. The minimum Gasteiger partial charge on any atom is -0.342 e. The van der Waals surface area contributed by atoms with E-state index >= 15 is 0 Å². The van der Waals surface area contributed by atoms with Gasteiger partial charge in [0.25, 0.3) is 0 Å². The Kier molecular flexibility index (Phi) is 3.88. The van der Waals surface area contributed by atoms with Crippen LogP contribution in [0.2, 0.25) is 0 Å². The maximum Gasteiger partial charge on any atom is 0.248 e. The first-order chi connectivity index (χ1) is 9.00. The lowest BCUT2D eigenvalue weighted by Crippen LogP contribution is -2.58. The highest BCUT2D eigenvalue weighted by Crippen LogP contribution is 2.25. The summed E-state index contributed by atoms with van der Waals surface area (Å²) in [6.45, 7) is 4.09. The molecule has 1 aromatic rings. The largest absolute Gasteiger partial charge is 0.342 e. The molecule has 1 aromatic carbocycles. The van der Waals surface area contributed by atoms with E-state index in [0.717, 1.165) is 5.56 Å². The predicted octanol–water partition coefficient (Wildman–Crippen LogP) is 1.73. The molecule has 2 rings (SSSR count). The fourth-order valence-electron chi connectivity index (χ4n) is 2.50. The van der Waals surface area contributed by atoms with Crippen LogP contribution in [0, 0.1) is 5.92 Å². The molecule has 0 aliphatic carbocycles. The number of carbonyl (C=O) groups excluding carboxylic acids is 2. The average Bonchev–Trinajstić information content (AvgIpc) is 2.36. The van der Waals surface area contributed by atoms with Gasteiger partial charge in [-0.25, -0.2) is 0 Å². The van der Waals surface area contributed by atoms with Crippen LogP contribution in [0.25, 0.3) is 0 Å². The summed E-state index contributed by atoms with van der Waals surface area (Å²) in [5.74, 6) is 0.261. The topological polar surface area (TPSA) is 49.4 Å². The second-order valence-corrected chi connectivity index (χ2v) is 5.45. The third-order valence-corrected chi connectivity index (χ3v) is 3.42. The van der Waals surface area contributed by atoms with Crippen molar-refractivity contribution in [2.45, 2.75) is 32.4 Å². The van der Waals surface area contributed by atoms with Gasteiger partial charge >= 0.3 is 0 Å². The van der Waals surface area contributed by atoms with Crippen LogP contribution in [0.3, 0.4) is 0 Å². The summed E-state index contributed by atoms with van der Waals surface area (Å²) in [5.41, 5.74) is 0.846. The first kappa shape index (κ1) is 13.6. The van der Waals surface area contributed by atoms with E-state index in [1.165, 1.54) is 0 Å². The molecule has 1 fully saturated rings. The molecule has 0 spiro atoms. The second kappa shape index (κ2) is 5.43. The Morgan fingerprint density at radius 3 is 2.42 bits per heavy atom. The number of benzene rings is 1. The zero-order valence-corrected chi connectivity index (χ0v) is 11.6. The van der Waals surface area contributed by atoms with Crippen LogP contribution in [0.15, 0.2) is 30.3 Å². The van der Waals surface area contributed by atoms with Crippen LogP contribution in [0.5, 0.6) is 0 Å². The van der Waals surface area contributed by atoms with Gasteiger partial charge in [-0.05, 0) is 17.9 Å². The van der Waals surface area contributed by atoms with Gasteiger partial charge in [0.05, 0.1) is 0 Å². The lowest BCUT2D eigenvalue weighted by molar-refractivity contribution is -0.148. The molecule has 1 N–H and O–H groups in total. The van der Waals surface area contributed by atoms with E-state index in [4.69, 9.17) is 0 Å². The molecular weight excluding hydrogens is 240 g/mol. The summed E-state index contributed by atoms with van der Waals surface area (Å²) >= 11 is 0. The third-order valence-electron chi connectivity index (χ3n) is 3.42. The lowest BCUT2D eigenvalue weighted by Gasteiger charge is -2.37. The molecule has 0 saturated carbocycles. The molecule has 2 unspecified atom stereocenters. The van der Waals surface area contributed by atoms with Crippen molar-refractivity contribution in [1.82, 2.24) is 10.2 Å². The van der Waals surface area contributed by atoms with Crippen molar-refractivity contribution in [3.05, 3.63) is 35.9 Å². The highest BCUT2D eigenvalue weighted by Gasteiger charge is 2.39. The Morgan fingerprint density at radius 1 is 1.21 bits per heavy atom. The molecule has 0 radical (unpaired) electrons. The van der Waals surface area contributed by atoms with Crippen LogP contribution in [0.4, 0.5) is 0 Å². The van der Waals surface area contributed by atoms with Gasteiger partial charge in [-0.2, -0.15) is 0 Å². The molecule has 1 aliphatic heterocycles. The minimum absolute atomic E-state index is 0.0119. The third kappa shape index (κ3) is 2.78. The van der Waals surface area contributed by atoms with Gasteiger partial charge in [0.2, 0.25) is 11.8 Å². The summed E-state index contributed by atoms with van der Waals surface area (Å²) in [5, 5.41) is 2.85. The van der Waals surface area contributed by atoms with Gasteiger partial charge < -0.3 is 10.2 Å². The summed E-state index contributed by atoms with van der Waals surface area (Å²) < 4.78 is 0. The maximum atomic E-state index is 12.3. The first-order valence-electron chi connectivity index (χ1n) is 6.62. The number of hydrogen-bond donors (Lipinski definition) is 1. The number of likely N-dealkylation sites (N-methyl/N-ethyl adjacent to an activating group) is 1. The highest BCUT2D eigenvalue weighted by molar-refractivity contribution is 5.97. The van der Waals surface area contributed by atoms with Crippen molar-refractivity contribution in [1.29, 1.82) is 0 Å². The van der Waals surface area contributed by atoms with Crippen LogP contribution in [-0.4, -0.2) is 29.8 Å². The highest BCUT2D eigenvalue weighted by atomic mass is 16.2. The molecule has 0 bridgehead atoms. The van der Waals surface area contributed by atoms with Crippen molar-refractivity contribution >= 4 is 11.8 Å². The summed E-state index contributed by atoms with van der Waals surface area (Å²) in [4.78, 5) is 26.1. The Labute approximate surface area is 113 Å². The minimum atomic E-state index is -0.517. The SMILES string of the molecule is CC(C)CC1NC(=O)C(c2ccccc2)N(C)C1=O. The lowest BCUT2D eigenvalue weighted by atomic mass is 9.96. The monoisotopic (exact) mass is 260 g/mol. The van der Waals surface area contributed by atoms with Crippen molar-refractivity contribution in [2.75, 3.05) is 7.05 Å². The van der Waals surface area contributed by atoms with Crippen molar-refractivity contribution < 1.29 is 9.59 Å². The van der Waals surface area contributed by atoms with Gasteiger partial charge in [0.15, 0.2) is 0 Å². The number of rotatable bonds is 3. The molecule has 4 nitrogen and oxygen atoms in total. The quantitative estimate of drug-likeness (QED) is 0.899. The van der Waals surface area contributed by atoms with Gasteiger partial charge in [-0.3, -0.25) is 9.59 Å². The Morgan fingerprint density at radius 2 is 1.84 bits per heavy atom. The van der Waals surface area contributed by atoms with E-state index in [1.807, 2.05) is 44.2 Å². The number of hydrogen-bond acceptors (Lipinski definition) is 2. The summed E-state index contributed by atoms with van der Waals surface area (Å²) in [6.07, 6.45) is 0.677. The fourth-order valence-corrected chi connectivity index (χ4v) is 2.50. The van der Waals surface area contributed by atoms with Crippen molar-refractivity contribution in [2.24, 2.45) is 5.92 Å². The molecule has 4 heteroatoms. The molecule has 19 heavy (non-hydrogen) atoms. The molecule has 1 aliphatic rings. The van der Waals surface area contributed by atoms with Crippen LogP contribution in [-0.2, 0) is 9.59 Å².